The highest BCUT2D eigenvalue weighted by Gasteiger charge is 2.04. The largest absolute Gasteiger partial charge is 0.457 e. The summed E-state index contributed by atoms with van der Waals surface area (Å²) in [5, 5.41) is 12.8. The van der Waals surface area contributed by atoms with E-state index in [1.165, 1.54) is 0 Å². The van der Waals surface area contributed by atoms with Crippen molar-refractivity contribution in [2.24, 2.45) is 5.73 Å². The molecule has 3 rings (SSSR count). The Hall–Kier alpha value is -3.80. The van der Waals surface area contributed by atoms with Gasteiger partial charge in [-0.15, -0.1) is 0 Å². The zero-order chi connectivity index (χ0) is 18.4. The summed E-state index contributed by atoms with van der Waals surface area (Å²) < 4.78 is 5.71. The highest BCUT2D eigenvalue weighted by molar-refractivity contribution is 6.00. The van der Waals surface area contributed by atoms with Crippen LogP contribution in [0.5, 0.6) is 11.5 Å². The van der Waals surface area contributed by atoms with Crippen molar-refractivity contribution < 1.29 is 9.53 Å². The van der Waals surface area contributed by atoms with Gasteiger partial charge in [0.15, 0.2) is 0 Å². The van der Waals surface area contributed by atoms with Crippen LogP contribution in [0.4, 0.5) is 16.2 Å². The molecule has 0 spiro atoms. The van der Waals surface area contributed by atoms with E-state index in [0.29, 0.717) is 22.7 Å². The maximum absolute atomic E-state index is 12.1. The fourth-order valence-electron chi connectivity index (χ4n) is 2.26. The minimum Gasteiger partial charge on any atom is -0.457 e. The number of para-hydroxylation sites is 1. The third-order valence-corrected chi connectivity index (χ3v) is 3.54. The van der Waals surface area contributed by atoms with Crippen LogP contribution in [0.1, 0.15) is 5.56 Å². The maximum Gasteiger partial charge on any atom is 0.323 e. The molecule has 0 saturated heterocycles. The summed E-state index contributed by atoms with van der Waals surface area (Å²) in [5.74, 6) is 1.42. The van der Waals surface area contributed by atoms with Gasteiger partial charge in [0.1, 0.15) is 17.3 Å². The number of nitrogens with one attached hydrogen (secondary N) is 3. The van der Waals surface area contributed by atoms with E-state index in [1.54, 1.807) is 48.5 Å². The lowest BCUT2D eigenvalue weighted by atomic mass is 10.2. The lowest BCUT2D eigenvalue weighted by molar-refractivity contribution is 0.262. The second kappa shape index (κ2) is 7.85. The number of anilines is 2. The quantitative estimate of drug-likeness (QED) is 0.407. The standard InChI is InChI=1S/C20H18N4O2/c21-19(22)14-6-8-15(9-7-14)23-20(25)24-16-10-12-18(13-11-16)26-17-4-2-1-3-5-17/h1-13H,(H3,21,22)(H2,23,24,25). The molecule has 0 heterocycles. The number of ether oxygens (including phenoxy) is 1. The monoisotopic (exact) mass is 346 g/mol. The molecule has 6 nitrogen and oxygen atoms in total. The summed E-state index contributed by atoms with van der Waals surface area (Å²) >= 11 is 0. The number of urea groups is 1. The number of amidine groups is 1. The third kappa shape index (κ3) is 4.61. The summed E-state index contributed by atoms with van der Waals surface area (Å²) in [5.41, 5.74) is 7.25. The Labute approximate surface area is 151 Å². The smallest absolute Gasteiger partial charge is 0.323 e. The van der Waals surface area contributed by atoms with Crippen LogP contribution in [-0.4, -0.2) is 11.9 Å². The van der Waals surface area contributed by atoms with E-state index in [9.17, 15) is 4.79 Å². The summed E-state index contributed by atoms with van der Waals surface area (Å²) in [6, 6.07) is 22.9. The molecule has 0 aromatic heterocycles. The first-order chi connectivity index (χ1) is 12.6. The minimum absolute atomic E-state index is 0.0150. The third-order valence-electron chi connectivity index (χ3n) is 3.54. The van der Waals surface area contributed by atoms with Crippen LogP contribution in [0, 0.1) is 5.41 Å². The topological polar surface area (TPSA) is 100 Å². The van der Waals surface area contributed by atoms with Crippen molar-refractivity contribution in [2.45, 2.75) is 0 Å². The van der Waals surface area contributed by atoms with E-state index >= 15 is 0 Å². The average molecular weight is 346 g/mol. The van der Waals surface area contributed by atoms with Gasteiger partial charge in [0, 0.05) is 16.9 Å². The number of nitrogen functional groups attached to an aromatic ring is 1. The molecule has 0 fully saturated rings. The number of hydrogen-bond donors (Lipinski definition) is 4. The Morgan fingerprint density at radius 3 is 1.81 bits per heavy atom. The molecule has 0 radical (unpaired) electrons. The van der Waals surface area contributed by atoms with Crippen molar-refractivity contribution in [2.75, 3.05) is 10.6 Å². The van der Waals surface area contributed by atoms with E-state index in [-0.39, 0.29) is 11.9 Å². The zero-order valence-corrected chi connectivity index (χ0v) is 13.9. The molecule has 3 aromatic rings. The van der Waals surface area contributed by atoms with Gasteiger partial charge in [-0.2, -0.15) is 0 Å². The molecule has 2 amide bonds. The Bertz CT molecular complexity index is 891. The Morgan fingerprint density at radius 2 is 1.27 bits per heavy atom. The number of amides is 2. The Balaban J connectivity index is 1.56. The Kier molecular flexibility index (Phi) is 5.14. The van der Waals surface area contributed by atoms with Crippen molar-refractivity contribution in [3.63, 3.8) is 0 Å². The van der Waals surface area contributed by atoms with Crippen molar-refractivity contribution >= 4 is 23.2 Å². The van der Waals surface area contributed by atoms with Crippen molar-refractivity contribution in [1.29, 1.82) is 5.41 Å². The number of nitrogens with two attached hydrogens (primary N) is 1. The van der Waals surface area contributed by atoms with Crippen LogP contribution in [0.2, 0.25) is 0 Å². The molecule has 3 aromatic carbocycles. The second-order valence-corrected chi connectivity index (χ2v) is 5.51. The first kappa shape index (κ1) is 17.0. The molecule has 26 heavy (non-hydrogen) atoms. The van der Waals surface area contributed by atoms with Gasteiger partial charge in [-0.25, -0.2) is 4.79 Å². The molecule has 130 valence electrons. The van der Waals surface area contributed by atoms with Crippen molar-refractivity contribution in [3.8, 4) is 11.5 Å². The first-order valence-corrected chi connectivity index (χ1v) is 7.95. The molecular weight excluding hydrogens is 328 g/mol. The molecule has 5 N–H and O–H groups in total. The summed E-state index contributed by atoms with van der Waals surface area (Å²) in [4.78, 5) is 12.1. The predicted octanol–water partition coefficient (Wildman–Crippen LogP) is 4.41. The zero-order valence-electron chi connectivity index (χ0n) is 13.9. The van der Waals surface area contributed by atoms with Crippen LogP contribution < -0.4 is 21.1 Å². The molecule has 6 heteroatoms. The molecule has 0 aliphatic carbocycles. The Morgan fingerprint density at radius 1 is 0.769 bits per heavy atom. The molecule has 0 aliphatic heterocycles. The first-order valence-electron chi connectivity index (χ1n) is 7.95. The van der Waals surface area contributed by atoms with Gasteiger partial charge in [-0.05, 0) is 60.7 Å². The molecule has 0 bridgehead atoms. The van der Waals surface area contributed by atoms with Crippen molar-refractivity contribution in [3.05, 3.63) is 84.4 Å². The van der Waals surface area contributed by atoms with Gasteiger partial charge < -0.3 is 21.1 Å². The van der Waals surface area contributed by atoms with E-state index in [0.717, 1.165) is 5.75 Å². The summed E-state index contributed by atoms with van der Waals surface area (Å²) in [7, 11) is 0. The number of carbonyl (C=O) groups is 1. The van der Waals surface area contributed by atoms with E-state index < -0.39 is 0 Å². The predicted molar refractivity (Wildman–Crippen MR) is 103 cm³/mol. The summed E-state index contributed by atoms with van der Waals surface area (Å²) in [6.45, 7) is 0. The van der Waals surface area contributed by atoms with Gasteiger partial charge in [0.05, 0.1) is 0 Å². The molecule has 0 unspecified atom stereocenters. The SMILES string of the molecule is N=C(N)c1ccc(NC(=O)Nc2ccc(Oc3ccccc3)cc2)cc1. The minimum atomic E-state index is -0.364. The van der Waals surface area contributed by atoms with E-state index in [1.807, 2.05) is 30.3 Å². The van der Waals surface area contributed by atoms with Crippen LogP contribution in [0.15, 0.2) is 78.9 Å². The highest BCUT2D eigenvalue weighted by atomic mass is 16.5. The second-order valence-electron chi connectivity index (χ2n) is 5.51. The van der Waals surface area contributed by atoms with Gasteiger partial charge >= 0.3 is 6.03 Å². The average Bonchev–Trinajstić information content (AvgIpc) is 2.64. The number of carbonyl (C=O) groups excluding carboxylic acids is 1. The summed E-state index contributed by atoms with van der Waals surface area (Å²) in [6.07, 6.45) is 0. The lowest BCUT2D eigenvalue weighted by Crippen LogP contribution is -2.19. The van der Waals surface area contributed by atoms with Gasteiger partial charge in [-0.1, -0.05) is 18.2 Å². The van der Waals surface area contributed by atoms with E-state index in [2.05, 4.69) is 10.6 Å². The molecule has 0 saturated carbocycles. The normalized spacial score (nSPS) is 10.0. The van der Waals surface area contributed by atoms with Crippen LogP contribution in [0.25, 0.3) is 0 Å². The fraction of sp³-hybridized carbons (Fsp3) is 0. The van der Waals surface area contributed by atoms with Crippen LogP contribution in [0.3, 0.4) is 0 Å². The van der Waals surface area contributed by atoms with Crippen molar-refractivity contribution in [1.82, 2.24) is 0 Å². The van der Waals surface area contributed by atoms with Gasteiger partial charge in [0.25, 0.3) is 0 Å². The fourth-order valence-corrected chi connectivity index (χ4v) is 2.26. The number of rotatable bonds is 5. The highest BCUT2D eigenvalue weighted by Crippen LogP contribution is 2.22. The number of benzene rings is 3. The maximum atomic E-state index is 12.1. The van der Waals surface area contributed by atoms with Crippen LogP contribution >= 0.6 is 0 Å². The number of hydrogen-bond acceptors (Lipinski definition) is 3. The van der Waals surface area contributed by atoms with Gasteiger partial charge in [0.2, 0.25) is 0 Å². The van der Waals surface area contributed by atoms with Crippen LogP contribution in [-0.2, 0) is 0 Å². The lowest BCUT2D eigenvalue weighted by Gasteiger charge is -2.09. The molecule has 0 atom stereocenters. The van der Waals surface area contributed by atoms with E-state index in [4.69, 9.17) is 15.9 Å². The molecular formula is C20H18N4O2. The molecule has 0 aliphatic rings. The van der Waals surface area contributed by atoms with Gasteiger partial charge in [-0.3, -0.25) is 5.41 Å².